The van der Waals surface area contributed by atoms with Gasteiger partial charge in [0.1, 0.15) is 11.5 Å². The van der Waals surface area contributed by atoms with E-state index in [0.717, 1.165) is 12.0 Å². The maximum Gasteiger partial charge on any atom is 0.239 e. The van der Waals surface area contributed by atoms with E-state index in [4.69, 9.17) is 4.74 Å². The molecule has 0 aliphatic heterocycles. The van der Waals surface area contributed by atoms with Crippen LogP contribution < -0.4 is 10.1 Å². The average molecular weight is 376 g/mol. The van der Waals surface area contributed by atoms with Crippen LogP contribution in [0.1, 0.15) is 20.8 Å². The van der Waals surface area contributed by atoms with Crippen LogP contribution in [-0.4, -0.2) is 37.0 Å². The van der Waals surface area contributed by atoms with Crippen LogP contribution in [0, 0.1) is 0 Å². The second-order valence-electron chi connectivity index (χ2n) is 6.93. The van der Waals surface area contributed by atoms with Crippen LogP contribution in [0.15, 0.2) is 54.6 Å². The summed E-state index contributed by atoms with van der Waals surface area (Å²) in [5.41, 5.74) is -0.115. The standard InChI is InChI=1S/C19H24N2O4S/c1-19(2,3)21(26(4,23)24)14-18(22)20-15-10-12-17(13-11-15)25-16-8-6-5-7-9-16/h5-13H,14H2,1-4H3,(H,20,22). The number of benzene rings is 2. The number of hydrogen-bond acceptors (Lipinski definition) is 4. The van der Waals surface area contributed by atoms with E-state index in [-0.39, 0.29) is 6.54 Å². The van der Waals surface area contributed by atoms with E-state index in [2.05, 4.69) is 5.32 Å². The number of hydrogen-bond donors (Lipinski definition) is 1. The molecule has 6 nitrogen and oxygen atoms in total. The van der Waals surface area contributed by atoms with Gasteiger partial charge in [0.05, 0.1) is 12.8 Å². The number of nitrogens with one attached hydrogen (secondary N) is 1. The lowest BCUT2D eigenvalue weighted by molar-refractivity contribution is -0.117. The predicted octanol–water partition coefficient (Wildman–Crippen LogP) is 3.48. The summed E-state index contributed by atoms with van der Waals surface area (Å²) in [6.45, 7) is 5.00. The minimum absolute atomic E-state index is 0.245. The quantitative estimate of drug-likeness (QED) is 0.837. The molecular weight excluding hydrogens is 352 g/mol. The lowest BCUT2D eigenvalue weighted by Gasteiger charge is -2.32. The third-order valence-electron chi connectivity index (χ3n) is 3.55. The first-order valence-corrected chi connectivity index (χ1v) is 10.0. The monoisotopic (exact) mass is 376 g/mol. The fraction of sp³-hybridized carbons (Fsp3) is 0.316. The third kappa shape index (κ3) is 5.86. The van der Waals surface area contributed by atoms with E-state index in [9.17, 15) is 13.2 Å². The summed E-state index contributed by atoms with van der Waals surface area (Å²) in [6.07, 6.45) is 1.10. The molecule has 1 amide bonds. The molecule has 0 aliphatic carbocycles. The first-order valence-electron chi connectivity index (χ1n) is 8.16. The molecule has 0 bridgehead atoms. The number of sulfonamides is 1. The molecule has 2 rings (SSSR count). The minimum Gasteiger partial charge on any atom is -0.457 e. The van der Waals surface area contributed by atoms with E-state index in [1.807, 2.05) is 30.3 Å². The normalized spacial score (nSPS) is 12.0. The molecule has 140 valence electrons. The maximum absolute atomic E-state index is 12.2. The lowest BCUT2D eigenvalue weighted by Crippen LogP contribution is -2.48. The number of carbonyl (C=O) groups excluding carboxylic acids is 1. The molecule has 0 saturated heterocycles. The van der Waals surface area contributed by atoms with E-state index in [0.29, 0.717) is 11.4 Å². The van der Waals surface area contributed by atoms with Crippen LogP contribution in [0.25, 0.3) is 0 Å². The van der Waals surface area contributed by atoms with Gasteiger partial charge < -0.3 is 10.1 Å². The Hall–Kier alpha value is -2.38. The van der Waals surface area contributed by atoms with Gasteiger partial charge in [0.15, 0.2) is 0 Å². The van der Waals surface area contributed by atoms with Crippen molar-refractivity contribution in [2.24, 2.45) is 0 Å². The third-order valence-corrected chi connectivity index (χ3v) is 5.03. The van der Waals surface area contributed by atoms with Gasteiger partial charge in [0.25, 0.3) is 0 Å². The van der Waals surface area contributed by atoms with E-state index in [1.54, 1.807) is 45.0 Å². The Bertz CT molecular complexity index is 841. The molecule has 0 unspecified atom stereocenters. The van der Waals surface area contributed by atoms with Gasteiger partial charge >= 0.3 is 0 Å². The van der Waals surface area contributed by atoms with Crippen LogP contribution >= 0.6 is 0 Å². The first-order chi connectivity index (χ1) is 12.1. The Balaban J connectivity index is 2.01. The second-order valence-corrected chi connectivity index (χ2v) is 8.83. The minimum atomic E-state index is -3.50. The van der Waals surface area contributed by atoms with E-state index >= 15 is 0 Å². The first kappa shape index (κ1) is 19.9. The molecule has 7 heteroatoms. The average Bonchev–Trinajstić information content (AvgIpc) is 2.53. The molecule has 0 fully saturated rings. The van der Waals surface area contributed by atoms with Crippen molar-refractivity contribution in [2.75, 3.05) is 18.1 Å². The molecular formula is C19H24N2O4S. The lowest BCUT2D eigenvalue weighted by atomic mass is 10.1. The molecule has 2 aromatic carbocycles. The molecule has 0 aliphatic rings. The summed E-state index contributed by atoms with van der Waals surface area (Å²) in [6, 6.07) is 16.3. The Kier molecular flexibility index (Phi) is 6.05. The molecule has 1 N–H and O–H groups in total. The van der Waals surface area contributed by atoms with Crippen molar-refractivity contribution in [2.45, 2.75) is 26.3 Å². The summed E-state index contributed by atoms with van der Waals surface area (Å²) in [4.78, 5) is 12.2. The van der Waals surface area contributed by atoms with Gasteiger partial charge in [-0.25, -0.2) is 8.42 Å². The number of carbonyl (C=O) groups is 1. The van der Waals surface area contributed by atoms with Crippen molar-refractivity contribution in [3.05, 3.63) is 54.6 Å². The predicted molar refractivity (Wildman–Crippen MR) is 103 cm³/mol. The zero-order valence-electron chi connectivity index (χ0n) is 15.4. The molecule has 0 spiro atoms. The van der Waals surface area contributed by atoms with Gasteiger partial charge in [-0.2, -0.15) is 4.31 Å². The molecule has 0 heterocycles. The van der Waals surface area contributed by atoms with Gasteiger partial charge in [-0.3, -0.25) is 4.79 Å². The Morgan fingerprint density at radius 1 is 1.00 bits per heavy atom. The Labute approximate surface area is 154 Å². The summed E-state index contributed by atoms with van der Waals surface area (Å²) < 4.78 is 30.7. The van der Waals surface area contributed by atoms with Gasteiger partial charge in [-0.1, -0.05) is 18.2 Å². The number of nitrogens with zero attached hydrogens (tertiary/aromatic N) is 1. The molecule has 2 aromatic rings. The molecule has 0 aromatic heterocycles. The molecule has 26 heavy (non-hydrogen) atoms. The zero-order chi connectivity index (χ0) is 19.4. The van der Waals surface area contributed by atoms with Crippen LogP contribution in [-0.2, 0) is 14.8 Å². The maximum atomic E-state index is 12.2. The molecule has 0 atom stereocenters. The molecule has 0 radical (unpaired) electrons. The van der Waals surface area contributed by atoms with Crippen molar-refractivity contribution in [1.82, 2.24) is 4.31 Å². The number of para-hydroxylation sites is 1. The van der Waals surface area contributed by atoms with Gasteiger partial charge in [-0.05, 0) is 57.2 Å². The number of amides is 1. The van der Waals surface area contributed by atoms with Crippen LogP contribution in [0.4, 0.5) is 5.69 Å². The topological polar surface area (TPSA) is 75.7 Å². The Morgan fingerprint density at radius 2 is 1.54 bits per heavy atom. The van der Waals surface area contributed by atoms with Gasteiger partial charge in [0, 0.05) is 11.2 Å². The SMILES string of the molecule is CC(C)(C)N(CC(=O)Nc1ccc(Oc2ccccc2)cc1)S(C)(=O)=O. The van der Waals surface area contributed by atoms with Gasteiger partial charge in [0.2, 0.25) is 15.9 Å². The number of rotatable bonds is 6. The number of ether oxygens (including phenoxy) is 1. The van der Waals surface area contributed by atoms with Crippen LogP contribution in [0.5, 0.6) is 11.5 Å². The fourth-order valence-corrected chi connectivity index (χ4v) is 3.76. The van der Waals surface area contributed by atoms with Crippen molar-refractivity contribution >= 4 is 21.6 Å². The highest BCUT2D eigenvalue weighted by molar-refractivity contribution is 7.88. The highest BCUT2D eigenvalue weighted by Crippen LogP contribution is 2.23. The molecule has 0 saturated carbocycles. The van der Waals surface area contributed by atoms with Crippen molar-refractivity contribution in [1.29, 1.82) is 0 Å². The summed E-state index contributed by atoms with van der Waals surface area (Å²) in [5.74, 6) is 0.960. The summed E-state index contributed by atoms with van der Waals surface area (Å²) >= 11 is 0. The van der Waals surface area contributed by atoms with Crippen molar-refractivity contribution < 1.29 is 17.9 Å². The fourth-order valence-electron chi connectivity index (χ4n) is 2.41. The highest BCUT2D eigenvalue weighted by Gasteiger charge is 2.31. The smallest absolute Gasteiger partial charge is 0.239 e. The van der Waals surface area contributed by atoms with Gasteiger partial charge in [-0.15, -0.1) is 0 Å². The van der Waals surface area contributed by atoms with Crippen LogP contribution in [0.2, 0.25) is 0 Å². The van der Waals surface area contributed by atoms with Crippen molar-refractivity contribution in [3.63, 3.8) is 0 Å². The van der Waals surface area contributed by atoms with E-state index < -0.39 is 21.5 Å². The van der Waals surface area contributed by atoms with E-state index in [1.165, 1.54) is 4.31 Å². The Morgan fingerprint density at radius 3 is 2.04 bits per heavy atom. The van der Waals surface area contributed by atoms with Crippen molar-refractivity contribution in [3.8, 4) is 11.5 Å². The number of anilines is 1. The summed E-state index contributed by atoms with van der Waals surface area (Å²) in [5, 5.41) is 2.71. The largest absolute Gasteiger partial charge is 0.457 e. The summed E-state index contributed by atoms with van der Waals surface area (Å²) in [7, 11) is -3.50. The zero-order valence-corrected chi connectivity index (χ0v) is 16.2. The second kappa shape index (κ2) is 7.88. The van der Waals surface area contributed by atoms with Crippen LogP contribution in [0.3, 0.4) is 0 Å². The highest BCUT2D eigenvalue weighted by atomic mass is 32.2.